The van der Waals surface area contributed by atoms with Crippen molar-refractivity contribution < 1.29 is 23.0 Å². The van der Waals surface area contributed by atoms with Gasteiger partial charge in [0.05, 0.1) is 12.3 Å². The Kier molecular flexibility index (Phi) is 3.98. The second-order valence-corrected chi connectivity index (χ2v) is 6.43. The van der Waals surface area contributed by atoms with Gasteiger partial charge in [0.2, 0.25) is 0 Å². The van der Waals surface area contributed by atoms with Gasteiger partial charge in [-0.1, -0.05) is 0 Å². The van der Waals surface area contributed by atoms with Crippen molar-refractivity contribution >= 4 is 5.78 Å². The molecule has 1 aliphatic carbocycles. The summed E-state index contributed by atoms with van der Waals surface area (Å²) in [5.41, 5.74) is 3.25. The Hall–Kier alpha value is -2.37. The Labute approximate surface area is 144 Å². The van der Waals surface area contributed by atoms with Crippen molar-refractivity contribution in [1.82, 2.24) is 4.57 Å². The number of aromatic nitrogens is 1. The number of nitrogens with zero attached hydrogens (tertiary/aromatic N) is 1. The fraction of sp³-hybridized carbons (Fsp3) is 0.421. The molecule has 6 heteroatoms. The maximum Gasteiger partial charge on any atom is 0.387 e. The molecule has 4 nitrogen and oxygen atoms in total. The third kappa shape index (κ3) is 2.90. The van der Waals surface area contributed by atoms with Gasteiger partial charge in [0, 0.05) is 29.8 Å². The van der Waals surface area contributed by atoms with Crippen LogP contribution >= 0.6 is 0 Å². The van der Waals surface area contributed by atoms with Crippen LogP contribution in [0.15, 0.2) is 24.4 Å². The minimum absolute atomic E-state index is 0.00932. The van der Waals surface area contributed by atoms with E-state index in [0.717, 1.165) is 42.6 Å². The fourth-order valence-electron chi connectivity index (χ4n) is 3.45. The number of hydrogen-bond donors (Lipinski definition) is 0. The Morgan fingerprint density at radius 1 is 1.32 bits per heavy atom. The van der Waals surface area contributed by atoms with Gasteiger partial charge < -0.3 is 14.0 Å². The average molecular weight is 347 g/mol. The van der Waals surface area contributed by atoms with Crippen molar-refractivity contribution in [2.75, 3.05) is 6.61 Å². The lowest BCUT2D eigenvalue weighted by Gasteiger charge is -2.23. The van der Waals surface area contributed by atoms with Crippen LogP contribution < -0.4 is 9.47 Å². The molecule has 1 fully saturated rings. The van der Waals surface area contributed by atoms with Crippen molar-refractivity contribution in [2.24, 2.45) is 5.92 Å². The number of ketones is 1. The van der Waals surface area contributed by atoms with Gasteiger partial charge in [-0.25, -0.2) is 0 Å². The lowest BCUT2D eigenvalue weighted by atomic mass is 9.93. The first kappa shape index (κ1) is 16.1. The zero-order valence-electron chi connectivity index (χ0n) is 13.9. The number of alkyl halides is 2. The molecular formula is C19H19F2NO3. The first-order valence-corrected chi connectivity index (χ1v) is 8.56. The van der Waals surface area contributed by atoms with Crippen molar-refractivity contribution in [3.8, 4) is 22.8 Å². The van der Waals surface area contributed by atoms with Crippen LogP contribution in [0.3, 0.4) is 0 Å². The number of carbonyl (C=O) groups excluding carboxylic acids is 1. The van der Waals surface area contributed by atoms with Gasteiger partial charge in [-0.3, -0.25) is 4.79 Å². The minimum atomic E-state index is -2.93. The zero-order chi connectivity index (χ0) is 17.6. The van der Waals surface area contributed by atoms with Crippen LogP contribution in [0.25, 0.3) is 11.3 Å². The summed E-state index contributed by atoms with van der Waals surface area (Å²) < 4.78 is 37.7. The molecule has 0 radical (unpaired) electrons. The molecule has 4 rings (SSSR count). The lowest BCUT2D eigenvalue weighted by Crippen LogP contribution is -2.14. The average Bonchev–Trinajstić information content (AvgIpc) is 3.33. The molecule has 0 atom stereocenters. The van der Waals surface area contributed by atoms with Gasteiger partial charge in [0.1, 0.15) is 0 Å². The highest BCUT2D eigenvalue weighted by Crippen LogP contribution is 2.43. The summed E-state index contributed by atoms with van der Waals surface area (Å²) in [6.45, 7) is -0.0234. The maximum absolute atomic E-state index is 12.8. The number of aryl methyl sites for hydroxylation is 2. The summed E-state index contributed by atoms with van der Waals surface area (Å²) in [4.78, 5) is 12.6. The molecule has 0 unspecified atom stereocenters. The van der Waals surface area contributed by atoms with Gasteiger partial charge >= 0.3 is 6.61 Å². The van der Waals surface area contributed by atoms with E-state index in [1.165, 1.54) is 0 Å². The zero-order valence-corrected chi connectivity index (χ0v) is 13.9. The van der Waals surface area contributed by atoms with E-state index in [1.807, 2.05) is 16.8 Å². The molecule has 0 bridgehead atoms. The number of fused-ring (bicyclic) bond motifs is 3. The fourth-order valence-corrected chi connectivity index (χ4v) is 3.45. The van der Waals surface area contributed by atoms with E-state index in [1.54, 1.807) is 19.1 Å². The highest BCUT2D eigenvalue weighted by molar-refractivity contribution is 6.05. The van der Waals surface area contributed by atoms with Gasteiger partial charge in [-0.2, -0.15) is 8.78 Å². The number of ether oxygens (including phenoxy) is 2. The van der Waals surface area contributed by atoms with Gasteiger partial charge in [0.25, 0.3) is 0 Å². The molecule has 0 saturated heterocycles. The summed E-state index contributed by atoms with van der Waals surface area (Å²) in [5.74, 6) is 0.579. The SMILES string of the molecule is CCOc1cc2c(cc1OC(F)F)-c1c(C(=O)C3CC3)ccn1CC2. The monoisotopic (exact) mass is 347 g/mol. The number of halogens is 2. The first-order chi connectivity index (χ1) is 12.1. The molecule has 0 N–H and O–H groups in total. The summed E-state index contributed by atoms with van der Waals surface area (Å²) in [5, 5.41) is 0. The Morgan fingerprint density at radius 2 is 2.12 bits per heavy atom. The number of carbonyl (C=O) groups is 1. The van der Waals surface area contributed by atoms with Gasteiger partial charge in [-0.05, 0) is 49.9 Å². The molecule has 0 spiro atoms. The normalized spacial score (nSPS) is 15.7. The largest absolute Gasteiger partial charge is 0.490 e. The predicted molar refractivity (Wildman–Crippen MR) is 88.4 cm³/mol. The van der Waals surface area contributed by atoms with Crippen LogP contribution in [0.2, 0.25) is 0 Å². The lowest BCUT2D eigenvalue weighted by molar-refractivity contribution is -0.0514. The second kappa shape index (κ2) is 6.17. The molecule has 0 amide bonds. The van der Waals surface area contributed by atoms with Crippen LogP contribution in [0.5, 0.6) is 11.5 Å². The molecule has 1 aliphatic heterocycles. The third-order valence-corrected chi connectivity index (χ3v) is 4.74. The molecule has 132 valence electrons. The van der Waals surface area contributed by atoms with E-state index in [4.69, 9.17) is 4.74 Å². The summed E-state index contributed by atoms with van der Waals surface area (Å²) in [6.07, 6.45) is 4.51. The molecule has 2 aliphatic rings. The van der Waals surface area contributed by atoms with Crippen molar-refractivity contribution in [3.63, 3.8) is 0 Å². The predicted octanol–water partition coefficient (Wildman–Crippen LogP) is 4.30. The summed E-state index contributed by atoms with van der Waals surface area (Å²) in [7, 11) is 0. The van der Waals surface area contributed by atoms with Gasteiger partial charge in [-0.15, -0.1) is 0 Å². The van der Waals surface area contributed by atoms with Crippen LogP contribution in [0, 0.1) is 5.92 Å². The standard InChI is InChI=1S/C19H19F2NO3/c1-2-24-15-9-12-5-7-22-8-6-13(18(23)11-3-4-11)17(22)14(12)10-16(15)25-19(20)21/h6,8-11,19H,2-5,7H2,1H3. The van der Waals surface area contributed by atoms with E-state index in [0.29, 0.717) is 17.9 Å². The molecular weight excluding hydrogens is 328 g/mol. The molecule has 25 heavy (non-hydrogen) atoms. The van der Waals surface area contributed by atoms with Crippen molar-refractivity contribution in [2.45, 2.75) is 39.3 Å². The number of benzene rings is 1. The highest BCUT2D eigenvalue weighted by atomic mass is 19.3. The van der Waals surface area contributed by atoms with Crippen LogP contribution in [0.1, 0.15) is 35.7 Å². The smallest absolute Gasteiger partial charge is 0.387 e. The molecule has 1 saturated carbocycles. The van der Waals surface area contributed by atoms with E-state index in [9.17, 15) is 13.6 Å². The molecule has 2 heterocycles. The maximum atomic E-state index is 12.8. The topological polar surface area (TPSA) is 40.5 Å². The number of Topliss-reactive ketones (excluding diaryl/α,β-unsaturated/α-hetero) is 1. The van der Waals surface area contributed by atoms with Crippen molar-refractivity contribution in [1.29, 1.82) is 0 Å². The summed E-state index contributed by atoms with van der Waals surface area (Å²) >= 11 is 0. The second-order valence-electron chi connectivity index (χ2n) is 6.43. The van der Waals surface area contributed by atoms with E-state index >= 15 is 0 Å². The quantitative estimate of drug-likeness (QED) is 0.732. The summed E-state index contributed by atoms with van der Waals surface area (Å²) in [6, 6.07) is 5.19. The minimum Gasteiger partial charge on any atom is -0.490 e. The molecule has 1 aromatic heterocycles. The number of rotatable bonds is 6. The first-order valence-electron chi connectivity index (χ1n) is 8.56. The van der Waals surface area contributed by atoms with Crippen LogP contribution in [-0.2, 0) is 13.0 Å². The third-order valence-electron chi connectivity index (χ3n) is 4.74. The van der Waals surface area contributed by atoms with Crippen LogP contribution in [-0.4, -0.2) is 23.6 Å². The highest BCUT2D eigenvalue weighted by Gasteiger charge is 2.34. The Morgan fingerprint density at radius 3 is 2.80 bits per heavy atom. The Bertz CT molecular complexity index is 824. The van der Waals surface area contributed by atoms with E-state index in [-0.39, 0.29) is 17.5 Å². The molecule has 2 aromatic rings. The van der Waals surface area contributed by atoms with Crippen molar-refractivity contribution in [3.05, 3.63) is 35.5 Å². The van der Waals surface area contributed by atoms with E-state index < -0.39 is 6.61 Å². The van der Waals surface area contributed by atoms with E-state index in [2.05, 4.69) is 4.74 Å². The Balaban J connectivity index is 1.83. The molecule has 1 aromatic carbocycles. The van der Waals surface area contributed by atoms with Crippen LogP contribution in [0.4, 0.5) is 8.78 Å². The van der Waals surface area contributed by atoms with Gasteiger partial charge in [0.15, 0.2) is 17.3 Å². The number of hydrogen-bond acceptors (Lipinski definition) is 3.